The molecule has 112 valence electrons. The molecule has 5 heteroatoms. The lowest BCUT2D eigenvalue weighted by molar-refractivity contribution is 0.0709. The summed E-state index contributed by atoms with van der Waals surface area (Å²) in [5.74, 6) is 0.142. The van der Waals surface area contributed by atoms with E-state index in [1.165, 1.54) is 12.1 Å². The number of nitrogens with zero attached hydrogens (tertiary/aromatic N) is 2. The summed E-state index contributed by atoms with van der Waals surface area (Å²) in [5, 5.41) is 10.9. The quantitative estimate of drug-likeness (QED) is 0.919. The van der Waals surface area contributed by atoms with Crippen molar-refractivity contribution in [2.24, 2.45) is 0 Å². The van der Waals surface area contributed by atoms with Gasteiger partial charge in [0.1, 0.15) is 17.2 Å². The molecule has 0 fully saturated rings. The highest BCUT2D eigenvalue weighted by atomic mass is 19.1. The maximum Gasteiger partial charge on any atom is 0.141 e. The van der Waals surface area contributed by atoms with Crippen molar-refractivity contribution in [3.05, 3.63) is 53.9 Å². The van der Waals surface area contributed by atoms with E-state index in [1.807, 2.05) is 20.8 Å². The Labute approximate surface area is 123 Å². The topological polar surface area (TPSA) is 55.2 Å². The lowest BCUT2D eigenvalue weighted by Gasteiger charge is -2.27. The Hall–Kier alpha value is -2.01. The van der Waals surface area contributed by atoms with Gasteiger partial charge in [-0.2, -0.15) is 0 Å². The number of pyridine rings is 2. The minimum absolute atomic E-state index is 0.0146. The molecule has 0 spiro atoms. The molecule has 0 aromatic carbocycles. The van der Waals surface area contributed by atoms with Crippen LogP contribution in [0.15, 0.2) is 36.8 Å². The molecule has 4 nitrogen and oxygen atoms in total. The highest BCUT2D eigenvalue weighted by molar-refractivity contribution is 5.34. The first-order valence-electron chi connectivity index (χ1n) is 6.92. The number of hydrogen-bond acceptors (Lipinski definition) is 4. The first kappa shape index (κ1) is 15.4. The Morgan fingerprint density at radius 2 is 2.05 bits per heavy atom. The van der Waals surface area contributed by atoms with Crippen molar-refractivity contribution in [1.82, 2.24) is 9.97 Å². The minimum Gasteiger partial charge on any atom is -0.489 e. The van der Waals surface area contributed by atoms with Gasteiger partial charge in [-0.15, -0.1) is 0 Å². The summed E-state index contributed by atoms with van der Waals surface area (Å²) in [7, 11) is 0. The third-order valence-electron chi connectivity index (χ3n) is 3.23. The van der Waals surface area contributed by atoms with E-state index in [1.54, 1.807) is 18.5 Å². The number of aliphatic hydroxyl groups is 1. The minimum atomic E-state index is -1.32. The van der Waals surface area contributed by atoms with Gasteiger partial charge in [-0.25, -0.2) is 4.39 Å². The van der Waals surface area contributed by atoms with E-state index in [0.717, 1.165) is 6.20 Å². The Balaban J connectivity index is 2.42. The van der Waals surface area contributed by atoms with Crippen LogP contribution in [0.25, 0.3) is 0 Å². The van der Waals surface area contributed by atoms with Gasteiger partial charge in [0, 0.05) is 11.8 Å². The van der Waals surface area contributed by atoms with E-state index in [0.29, 0.717) is 23.4 Å². The summed E-state index contributed by atoms with van der Waals surface area (Å²) in [6.07, 6.45) is 4.66. The van der Waals surface area contributed by atoms with Crippen molar-refractivity contribution in [2.45, 2.75) is 38.9 Å². The smallest absolute Gasteiger partial charge is 0.141 e. The zero-order valence-electron chi connectivity index (χ0n) is 12.4. The zero-order valence-corrected chi connectivity index (χ0v) is 12.4. The molecule has 0 aliphatic heterocycles. The maximum atomic E-state index is 13.0. The van der Waals surface area contributed by atoms with E-state index in [2.05, 4.69) is 9.97 Å². The lowest BCUT2D eigenvalue weighted by Crippen LogP contribution is -2.28. The van der Waals surface area contributed by atoms with Crippen molar-refractivity contribution < 1.29 is 14.2 Å². The van der Waals surface area contributed by atoms with Gasteiger partial charge in [0.25, 0.3) is 0 Å². The van der Waals surface area contributed by atoms with Crippen molar-refractivity contribution in [1.29, 1.82) is 0 Å². The zero-order chi connectivity index (χ0) is 15.5. The fourth-order valence-electron chi connectivity index (χ4n) is 2.14. The first-order chi connectivity index (χ1) is 9.95. The van der Waals surface area contributed by atoms with Crippen LogP contribution >= 0.6 is 0 Å². The molecule has 0 aliphatic rings. The van der Waals surface area contributed by atoms with Gasteiger partial charge in [0.05, 0.1) is 24.2 Å². The van der Waals surface area contributed by atoms with E-state index in [4.69, 9.17) is 4.74 Å². The summed E-state index contributed by atoms with van der Waals surface area (Å²) in [6.45, 7) is 5.67. The van der Waals surface area contributed by atoms with Crippen molar-refractivity contribution in [2.75, 3.05) is 0 Å². The molecule has 2 aromatic heterocycles. The molecule has 1 N–H and O–H groups in total. The van der Waals surface area contributed by atoms with Crippen LogP contribution in [0.2, 0.25) is 0 Å². The molecule has 0 saturated carbocycles. The van der Waals surface area contributed by atoms with E-state index >= 15 is 0 Å². The van der Waals surface area contributed by atoms with Crippen molar-refractivity contribution in [3.63, 3.8) is 0 Å². The molecule has 2 rings (SSSR count). The van der Waals surface area contributed by atoms with Crippen LogP contribution in [0.1, 0.15) is 38.4 Å². The van der Waals surface area contributed by atoms with Crippen LogP contribution in [0.5, 0.6) is 5.75 Å². The van der Waals surface area contributed by atoms with Crippen LogP contribution in [-0.2, 0) is 5.60 Å². The fourth-order valence-corrected chi connectivity index (χ4v) is 2.14. The van der Waals surface area contributed by atoms with Gasteiger partial charge < -0.3 is 9.84 Å². The summed E-state index contributed by atoms with van der Waals surface area (Å²) < 4.78 is 18.6. The van der Waals surface area contributed by atoms with Gasteiger partial charge in [-0.05, 0) is 38.5 Å². The summed E-state index contributed by atoms with van der Waals surface area (Å²) in [4.78, 5) is 8.10. The Kier molecular flexibility index (Phi) is 4.53. The van der Waals surface area contributed by atoms with Gasteiger partial charge in [0.15, 0.2) is 0 Å². The van der Waals surface area contributed by atoms with Gasteiger partial charge in [0.2, 0.25) is 0 Å². The molecule has 0 aliphatic carbocycles. The average molecular weight is 290 g/mol. The van der Waals surface area contributed by atoms with Crippen LogP contribution < -0.4 is 4.74 Å². The third kappa shape index (κ3) is 3.36. The predicted molar refractivity (Wildman–Crippen MR) is 77.5 cm³/mol. The molecule has 0 bridgehead atoms. The van der Waals surface area contributed by atoms with Crippen LogP contribution in [-0.4, -0.2) is 21.2 Å². The number of rotatable bonds is 5. The number of aromatic nitrogens is 2. The number of hydrogen-bond donors (Lipinski definition) is 1. The molecule has 1 atom stereocenters. The molecule has 0 amide bonds. The van der Waals surface area contributed by atoms with Crippen LogP contribution in [0, 0.1) is 5.82 Å². The van der Waals surface area contributed by atoms with Gasteiger partial charge in [-0.3, -0.25) is 9.97 Å². The predicted octanol–water partition coefficient (Wildman–Crippen LogP) is 3.05. The summed E-state index contributed by atoms with van der Waals surface area (Å²) in [6, 6.07) is 4.50. The number of ether oxygens (including phenoxy) is 1. The second-order valence-corrected chi connectivity index (χ2v) is 5.15. The molecular weight excluding hydrogens is 271 g/mol. The Bertz CT molecular complexity index is 601. The van der Waals surface area contributed by atoms with Crippen LogP contribution in [0.3, 0.4) is 0 Å². The van der Waals surface area contributed by atoms with E-state index in [9.17, 15) is 9.50 Å². The average Bonchev–Trinajstić information content (AvgIpc) is 2.47. The molecule has 1 unspecified atom stereocenters. The summed E-state index contributed by atoms with van der Waals surface area (Å²) in [5.41, 5.74) is -0.367. The van der Waals surface area contributed by atoms with Gasteiger partial charge in [-0.1, -0.05) is 6.92 Å². The highest BCUT2D eigenvalue weighted by Crippen LogP contribution is 2.32. The monoisotopic (exact) mass is 290 g/mol. The van der Waals surface area contributed by atoms with E-state index in [-0.39, 0.29) is 6.10 Å². The Morgan fingerprint density at radius 3 is 2.62 bits per heavy atom. The maximum absolute atomic E-state index is 13.0. The van der Waals surface area contributed by atoms with Crippen molar-refractivity contribution in [3.8, 4) is 5.75 Å². The van der Waals surface area contributed by atoms with E-state index < -0.39 is 11.4 Å². The lowest BCUT2D eigenvalue weighted by atomic mass is 9.88. The molecule has 21 heavy (non-hydrogen) atoms. The summed E-state index contributed by atoms with van der Waals surface area (Å²) >= 11 is 0. The second kappa shape index (κ2) is 6.18. The SMILES string of the molecule is CCC(O)(c1cncc(OC(C)C)c1)c1ccc(F)cn1. The molecule has 2 heterocycles. The van der Waals surface area contributed by atoms with Crippen LogP contribution in [0.4, 0.5) is 4.39 Å². The van der Waals surface area contributed by atoms with Gasteiger partial charge >= 0.3 is 0 Å². The normalized spacial score (nSPS) is 14.0. The first-order valence-corrected chi connectivity index (χ1v) is 6.92. The molecule has 0 saturated heterocycles. The highest BCUT2D eigenvalue weighted by Gasteiger charge is 2.32. The number of halogens is 1. The standard InChI is InChI=1S/C16H19FN2O2/c1-4-16(20,15-6-5-13(17)9-19-15)12-7-14(10-18-8-12)21-11(2)3/h5-11,20H,4H2,1-3H3. The second-order valence-electron chi connectivity index (χ2n) is 5.15. The fraction of sp³-hybridized carbons (Fsp3) is 0.375. The van der Waals surface area contributed by atoms with Crippen molar-refractivity contribution >= 4 is 0 Å². The molecule has 0 radical (unpaired) electrons. The Morgan fingerprint density at radius 1 is 1.29 bits per heavy atom. The largest absolute Gasteiger partial charge is 0.489 e. The third-order valence-corrected chi connectivity index (χ3v) is 3.23. The molecular formula is C16H19FN2O2. The molecule has 2 aromatic rings.